The van der Waals surface area contributed by atoms with Crippen LogP contribution in [0, 0.1) is 11.6 Å². The number of nitrogen functional groups attached to an aromatic ring is 1. The van der Waals surface area contributed by atoms with E-state index >= 15 is 0 Å². The highest BCUT2D eigenvalue weighted by Gasteiger charge is 2.15. The molecule has 0 spiro atoms. The minimum atomic E-state index is -0.749. The van der Waals surface area contributed by atoms with E-state index in [9.17, 15) is 13.6 Å². The van der Waals surface area contributed by atoms with Gasteiger partial charge in [-0.2, -0.15) is 0 Å². The van der Waals surface area contributed by atoms with Gasteiger partial charge < -0.3 is 16.0 Å². The molecule has 0 aliphatic rings. The molecule has 3 N–H and O–H groups in total. The Morgan fingerprint density at radius 1 is 1.10 bits per heavy atom. The molecule has 0 aliphatic carbocycles. The second-order valence-corrected chi connectivity index (χ2v) is 4.75. The van der Waals surface area contributed by atoms with Gasteiger partial charge in [-0.25, -0.2) is 8.78 Å². The fourth-order valence-electron chi connectivity index (χ4n) is 1.83. The van der Waals surface area contributed by atoms with E-state index in [-0.39, 0.29) is 11.6 Å². The van der Waals surface area contributed by atoms with Crippen LogP contribution in [0.3, 0.4) is 0 Å². The van der Waals surface area contributed by atoms with Gasteiger partial charge in [-0.15, -0.1) is 0 Å². The lowest BCUT2D eigenvalue weighted by Gasteiger charge is -2.16. The van der Waals surface area contributed by atoms with Gasteiger partial charge in [-0.05, 0) is 30.3 Å². The molecule has 21 heavy (non-hydrogen) atoms. The molecule has 2 rings (SSSR count). The molecular weight excluding hydrogens is 276 g/mol. The largest absolute Gasteiger partial charge is 0.399 e. The lowest BCUT2D eigenvalue weighted by Crippen LogP contribution is -2.22. The van der Waals surface area contributed by atoms with E-state index in [2.05, 4.69) is 5.32 Å². The third kappa shape index (κ3) is 3.28. The number of halogens is 2. The van der Waals surface area contributed by atoms with Crippen molar-refractivity contribution in [1.29, 1.82) is 0 Å². The maximum Gasteiger partial charge on any atom is 0.255 e. The summed E-state index contributed by atoms with van der Waals surface area (Å²) in [6.07, 6.45) is 0. The van der Waals surface area contributed by atoms with Crippen molar-refractivity contribution in [2.45, 2.75) is 0 Å². The number of rotatable bonds is 3. The van der Waals surface area contributed by atoms with Crippen LogP contribution in [0.2, 0.25) is 0 Å². The Kier molecular flexibility index (Phi) is 4.07. The lowest BCUT2D eigenvalue weighted by molar-refractivity contribution is 0.0828. The maximum absolute atomic E-state index is 13.7. The van der Waals surface area contributed by atoms with Gasteiger partial charge in [-0.3, -0.25) is 4.79 Å². The Labute approximate surface area is 121 Å². The Morgan fingerprint density at radius 3 is 2.43 bits per heavy atom. The van der Waals surface area contributed by atoms with Crippen LogP contribution in [0.15, 0.2) is 36.4 Å². The molecule has 0 saturated carbocycles. The number of nitrogens with zero attached hydrogens (tertiary/aromatic N) is 1. The van der Waals surface area contributed by atoms with Crippen LogP contribution in [0.25, 0.3) is 0 Å². The van der Waals surface area contributed by atoms with E-state index in [0.717, 1.165) is 12.1 Å². The van der Waals surface area contributed by atoms with Crippen molar-refractivity contribution >= 4 is 23.0 Å². The van der Waals surface area contributed by atoms with Gasteiger partial charge in [0.2, 0.25) is 0 Å². The molecule has 0 aromatic heterocycles. The third-order valence-electron chi connectivity index (χ3n) is 2.88. The van der Waals surface area contributed by atoms with Crippen molar-refractivity contribution in [3.63, 3.8) is 0 Å². The average Bonchev–Trinajstić information content (AvgIpc) is 2.41. The number of hydrogen-bond donors (Lipinski definition) is 2. The van der Waals surface area contributed by atoms with Crippen LogP contribution in [-0.4, -0.2) is 24.9 Å². The molecule has 110 valence electrons. The molecule has 0 radical (unpaired) electrons. The van der Waals surface area contributed by atoms with Gasteiger partial charge >= 0.3 is 0 Å². The molecule has 0 bridgehead atoms. The number of amides is 1. The van der Waals surface area contributed by atoms with Gasteiger partial charge in [0.1, 0.15) is 11.6 Å². The second-order valence-electron chi connectivity index (χ2n) is 4.75. The first kappa shape index (κ1) is 14.8. The molecule has 0 saturated heterocycles. The smallest absolute Gasteiger partial charge is 0.255 e. The van der Waals surface area contributed by atoms with Crippen LogP contribution in [-0.2, 0) is 0 Å². The number of benzene rings is 2. The molecule has 0 fully saturated rings. The van der Waals surface area contributed by atoms with Crippen LogP contribution >= 0.6 is 0 Å². The Hall–Kier alpha value is -2.63. The predicted octanol–water partition coefficient (Wildman–Crippen LogP) is 2.99. The summed E-state index contributed by atoms with van der Waals surface area (Å²) >= 11 is 0. The fraction of sp³-hybridized carbons (Fsp3) is 0.133. The lowest BCUT2D eigenvalue weighted by atomic mass is 10.1. The number of nitrogens with one attached hydrogen (secondary N) is 1. The maximum atomic E-state index is 13.7. The van der Waals surface area contributed by atoms with Crippen LogP contribution < -0.4 is 11.1 Å². The molecule has 2 aromatic rings. The summed E-state index contributed by atoms with van der Waals surface area (Å²) in [5, 5.41) is 2.78. The SMILES string of the molecule is CN(C)C(=O)c1ccc(N)cc1Nc1ccc(F)cc1F. The van der Waals surface area contributed by atoms with Gasteiger partial charge in [0.05, 0.1) is 16.9 Å². The normalized spacial score (nSPS) is 10.3. The molecule has 0 aliphatic heterocycles. The van der Waals surface area contributed by atoms with Crippen molar-refractivity contribution < 1.29 is 13.6 Å². The number of carbonyl (C=O) groups excluding carboxylic acids is 1. The molecule has 0 atom stereocenters. The zero-order chi connectivity index (χ0) is 15.6. The fourth-order valence-corrected chi connectivity index (χ4v) is 1.83. The van der Waals surface area contributed by atoms with Gasteiger partial charge in [0, 0.05) is 25.8 Å². The molecule has 4 nitrogen and oxygen atoms in total. The minimum Gasteiger partial charge on any atom is -0.399 e. The number of anilines is 3. The Balaban J connectivity index is 2.43. The van der Waals surface area contributed by atoms with Crippen molar-refractivity contribution in [3.05, 3.63) is 53.6 Å². The molecule has 6 heteroatoms. The monoisotopic (exact) mass is 291 g/mol. The Bertz CT molecular complexity index is 687. The van der Waals surface area contributed by atoms with E-state index in [1.165, 1.54) is 17.0 Å². The molecule has 1 amide bonds. The van der Waals surface area contributed by atoms with Crippen LogP contribution in [0.4, 0.5) is 25.8 Å². The van der Waals surface area contributed by atoms with Crippen molar-refractivity contribution in [1.82, 2.24) is 4.90 Å². The standard InChI is InChI=1S/C15H15F2N3O/c1-20(2)15(21)11-5-4-10(18)8-14(11)19-13-6-3-9(16)7-12(13)17/h3-8,19H,18H2,1-2H3. The van der Waals surface area contributed by atoms with E-state index in [1.807, 2.05) is 0 Å². The first-order valence-corrected chi connectivity index (χ1v) is 6.21. The molecule has 2 aromatic carbocycles. The summed E-state index contributed by atoms with van der Waals surface area (Å²) in [6.45, 7) is 0. The summed E-state index contributed by atoms with van der Waals surface area (Å²) < 4.78 is 26.6. The van der Waals surface area contributed by atoms with E-state index in [1.54, 1.807) is 26.2 Å². The van der Waals surface area contributed by atoms with E-state index < -0.39 is 11.6 Å². The number of carbonyl (C=O) groups is 1. The van der Waals surface area contributed by atoms with Crippen LogP contribution in [0.5, 0.6) is 0 Å². The third-order valence-corrected chi connectivity index (χ3v) is 2.88. The predicted molar refractivity (Wildman–Crippen MR) is 78.5 cm³/mol. The van der Waals surface area contributed by atoms with Crippen molar-refractivity contribution in [3.8, 4) is 0 Å². The molecule has 0 heterocycles. The summed E-state index contributed by atoms with van der Waals surface area (Å²) in [4.78, 5) is 13.5. The van der Waals surface area contributed by atoms with Crippen molar-refractivity contribution in [2.75, 3.05) is 25.1 Å². The first-order chi connectivity index (χ1) is 9.88. The van der Waals surface area contributed by atoms with Gasteiger partial charge in [0.25, 0.3) is 5.91 Å². The second kappa shape index (κ2) is 5.78. The molecule has 0 unspecified atom stereocenters. The minimum absolute atomic E-state index is 0.0646. The number of hydrogen-bond acceptors (Lipinski definition) is 3. The van der Waals surface area contributed by atoms with Crippen LogP contribution in [0.1, 0.15) is 10.4 Å². The van der Waals surface area contributed by atoms with Crippen molar-refractivity contribution in [2.24, 2.45) is 0 Å². The summed E-state index contributed by atoms with van der Waals surface area (Å²) in [6, 6.07) is 7.83. The summed E-state index contributed by atoms with van der Waals surface area (Å²) in [5.41, 5.74) is 6.90. The number of nitrogens with two attached hydrogens (primary N) is 1. The molecular formula is C15H15F2N3O. The zero-order valence-corrected chi connectivity index (χ0v) is 11.7. The van der Waals surface area contributed by atoms with E-state index in [0.29, 0.717) is 16.9 Å². The summed E-state index contributed by atoms with van der Waals surface area (Å²) in [7, 11) is 3.22. The topological polar surface area (TPSA) is 58.4 Å². The quantitative estimate of drug-likeness (QED) is 0.855. The first-order valence-electron chi connectivity index (χ1n) is 6.21. The average molecular weight is 291 g/mol. The zero-order valence-electron chi connectivity index (χ0n) is 11.7. The Morgan fingerprint density at radius 2 is 1.81 bits per heavy atom. The highest BCUT2D eigenvalue weighted by molar-refractivity contribution is 6.00. The van der Waals surface area contributed by atoms with Gasteiger partial charge in [-0.1, -0.05) is 0 Å². The van der Waals surface area contributed by atoms with Gasteiger partial charge in [0.15, 0.2) is 0 Å². The highest BCUT2D eigenvalue weighted by Crippen LogP contribution is 2.26. The summed E-state index contributed by atoms with van der Waals surface area (Å²) in [5.74, 6) is -1.67. The van der Waals surface area contributed by atoms with E-state index in [4.69, 9.17) is 5.73 Å². The highest BCUT2D eigenvalue weighted by atomic mass is 19.1.